The highest BCUT2D eigenvalue weighted by Crippen LogP contribution is 2.29. The van der Waals surface area contributed by atoms with Crippen LogP contribution >= 0.6 is 0 Å². The first-order chi connectivity index (χ1) is 14.6. The molecule has 162 valence electrons. The summed E-state index contributed by atoms with van der Waals surface area (Å²) >= 11 is 0. The van der Waals surface area contributed by atoms with E-state index >= 15 is 0 Å². The van der Waals surface area contributed by atoms with Gasteiger partial charge in [-0.25, -0.2) is 13.4 Å². The summed E-state index contributed by atoms with van der Waals surface area (Å²) in [6, 6.07) is 14.4. The van der Waals surface area contributed by atoms with Crippen LogP contribution in [0.4, 0.5) is 5.82 Å². The van der Waals surface area contributed by atoms with Crippen molar-refractivity contribution in [2.24, 2.45) is 0 Å². The summed E-state index contributed by atoms with van der Waals surface area (Å²) < 4.78 is 28.3. The number of nitrogens with zero attached hydrogens (tertiary/aromatic N) is 4. The van der Waals surface area contributed by atoms with Crippen molar-refractivity contribution in [3.8, 4) is 0 Å². The summed E-state index contributed by atoms with van der Waals surface area (Å²) in [6.07, 6.45) is 5.66. The highest BCUT2D eigenvalue weighted by atomic mass is 32.2. The Bertz CT molecular complexity index is 929. The number of anilines is 1. The van der Waals surface area contributed by atoms with Gasteiger partial charge in [-0.1, -0.05) is 36.8 Å². The van der Waals surface area contributed by atoms with Crippen molar-refractivity contribution < 1.29 is 8.42 Å². The average Bonchev–Trinajstić information content (AvgIpc) is 2.97. The Labute approximate surface area is 180 Å². The first kappa shape index (κ1) is 21.3. The van der Waals surface area contributed by atoms with E-state index in [1.165, 1.54) is 5.56 Å². The van der Waals surface area contributed by atoms with Gasteiger partial charge in [0.2, 0.25) is 10.0 Å². The molecule has 0 radical (unpaired) electrons. The van der Waals surface area contributed by atoms with Crippen LogP contribution in [0.3, 0.4) is 0 Å². The summed E-state index contributed by atoms with van der Waals surface area (Å²) in [6.45, 7) is 6.86. The van der Waals surface area contributed by atoms with Gasteiger partial charge in [-0.05, 0) is 43.9 Å². The summed E-state index contributed by atoms with van der Waals surface area (Å²) in [5.41, 5.74) is 1.31. The average molecular weight is 429 g/mol. The first-order valence-electron chi connectivity index (χ1n) is 11.0. The fraction of sp³-hybridized carbons (Fsp3) is 0.522. The Kier molecular flexibility index (Phi) is 6.71. The lowest BCUT2D eigenvalue weighted by molar-refractivity contribution is 0.212. The van der Waals surface area contributed by atoms with Crippen LogP contribution in [0, 0.1) is 0 Å². The number of pyridine rings is 1. The van der Waals surface area contributed by atoms with Gasteiger partial charge in [-0.3, -0.25) is 4.90 Å². The molecule has 7 heteroatoms. The maximum atomic E-state index is 13.4. The summed E-state index contributed by atoms with van der Waals surface area (Å²) in [5.74, 6) is 0.608. The Balaban J connectivity index is 1.53. The Hall–Kier alpha value is -1.96. The second kappa shape index (κ2) is 9.45. The van der Waals surface area contributed by atoms with E-state index < -0.39 is 10.0 Å². The monoisotopic (exact) mass is 428 g/mol. The van der Waals surface area contributed by atoms with Gasteiger partial charge in [0.05, 0.1) is 0 Å². The molecular weight excluding hydrogens is 396 g/mol. The van der Waals surface area contributed by atoms with E-state index in [0.717, 1.165) is 51.9 Å². The second-order valence-corrected chi connectivity index (χ2v) is 10.3. The van der Waals surface area contributed by atoms with Crippen LogP contribution in [0.5, 0.6) is 0 Å². The smallest absolute Gasteiger partial charge is 0.246 e. The molecule has 2 aliphatic rings. The van der Waals surface area contributed by atoms with Crippen molar-refractivity contribution in [1.29, 1.82) is 0 Å². The van der Waals surface area contributed by atoms with E-state index in [4.69, 9.17) is 0 Å². The lowest BCUT2D eigenvalue weighted by Crippen LogP contribution is -2.37. The molecule has 2 aromatic rings. The van der Waals surface area contributed by atoms with Gasteiger partial charge in [-0.15, -0.1) is 0 Å². The van der Waals surface area contributed by atoms with Crippen LogP contribution in [0.15, 0.2) is 53.6 Å². The number of hydrogen-bond donors (Lipinski definition) is 0. The van der Waals surface area contributed by atoms with E-state index in [-0.39, 0.29) is 0 Å². The second-order valence-electron chi connectivity index (χ2n) is 8.37. The predicted molar refractivity (Wildman–Crippen MR) is 120 cm³/mol. The van der Waals surface area contributed by atoms with Gasteiger partial charge in [0, 0.05) is 51.5 Å². The molecule has 1 aromatic heterocycles. The zero-order valence-electron chi connectivity index (χ0n) is 17.8. The molecule has 0 bridgehead atoms. The molecule has 1 aromatic carbocycles. The third kappa shape index (κ3) is 4.68. The van der Waals surface area contributed by atoms with Gasteiger partial charge in [0.1, 0.15) is 10.7 Å². The van der Waals surface area contributed by atoms with Crippen LogP contribution < -0.4 is 4.90 Å². The van der Waals surface area contributed by atoms with Crippen LogP contribution in [0.2, 0.25) is 0 Å². The fourth-order valence-corrected chi connectivity index (χ4v) is 6.12. The van der Waals surface area contributed by atoms with Crippen LogP contribution in [-0.4, -0.2) is 61.4 Å². The largest absolute Gasteiger partial charge is 0.354 e. The van der Waals surface area contributed by atoms with E-state index in [1.807, 2.05) is 6.07 Å². The van der Waals surface area contributed by atoms with Crippen LogP contribution in [0.25, 0.3) is 0 Å². The molecule has 1 unspecified atom stereocenters. The zero-order chi connectivity index (χ0) is 21.0. The van der Waals surface area contributed by atoms with Crippen molar-refractivity contribution in [1.82, 2.24) is 14.2 Å². The van der Waals surface area contributed by atoms with Gasteiger partial charge in [0.15, 0.2) is 0 Å². The topological polar surface area (TPSA) is 56.8 Å². The normalized spacial score (nSPS) is 22.0. The van der Waals surface area contributed by atoms with E-state index in [9.17, 15) is 8.42 Å². The summed E-state index contributed by atoms with van der Waals surface area (Å²) in [7, 11) is -3.51. The van der Waals surface area contributed by atoms with Gasteiger partial charge >= 0.3 is 0 Å². The molecule has 3 heterocycles. The Morgan fingerprint density at radius 1 is 0.933 bits per heavy atom. The molecule has 2 aliphatic heterocycles. The fourth-order valence-electron chi connectivity index (χ4n) is 4.44. The van der Waals surface area contributed by atoms with Gasteiger partial charge in [-0.2, -0.15) is 4.31 Å². The molecule has 0 aliphatic carbocycles. The van der Waals surface area contributed by atoms with E-state index in [1.54, 1.807) is 22.6 Å². The quantitative estimate of drug-likeness (QED) is 0.731. The summed E-state index contributed by atoms with van der Waals surface area (Å²) in [4.78, 5) is 9.55. The minimum absolute atomic E-state index is 0.357. The Morgan fingerprint density at radius 2 is 1.70 bits per heavy atom. The number of rotatable bonds is 5. The third-order valence-electron chi connectivity index (χ3n) is 6.31. The predicted octanol–water partition coefficient (Wildman–Crippen LogP) is 3.36. The lowest BCUT2D eigenvalue weighted by atomic mass is 10.1. The van der Waals surface area contributed by atoms with Crippen molar-refractivity contribution in [2.75, 3.05) is 37.6 Å². The molecule has 1 atom stereocenters. The van der Waals surface area contributed by atoms with E-state index in [0.29, 0.717) is 29.8 Å². The van der Waals surface area contributed by atoms with Crippen LogP contribution in [0.1, 0.15) is 38.2 Å². The van der Waals surface area contributed by atoms with Crippen molar-refractivity contribution in [3.05, 3.63) is 54.2 Å². The standard InChI is InChI=1S/C23H32N4O2S/c1-20-12-16-25(17-18-26(20)19-21-9-4-2-5-10-21)23-22(11-8-13-24-23)30(28,29)27-14-6-3-7-15-27/h2,4-5,8-11,13,20H,3,6-7,12,14-19H2,1H3. The lowest BCUT2D eigenvalue weighted by Gasteiger charge is -2.29. The van der Waals surface area contributed by atoms with Crippen molar-refractivity contribution in [2.45, 2.75) is 50.1 Å². The van der Waals surface area contributed by atoms with Crippen molar-refractivity contribution >= 4 is 15.8 Å². The summed E-state index contributed by atoms with van der Waals surface area (Å²) in [5, 5.41) is 0. The molecule has 2 saturated heterocycles. The molecule has 0 spiro atoms. The maximum Gasteiger partial charge on any atom is 0.246 e. The highest BCUT2D eigenvalue weighted by Gasteiger charge is 2.31. The van der Waals surface area contributed by atoms with Gasteiger partial charge in [0.25, 0.3) is 0 Å². The molecule has 4 rings (SSSR count). The third-order valence-corrected chi connectivity index (χ3v) is 8.23. The molecule has 6 nitrogen and oxygen atoms in total. The van der Waals surface area contributed by atoms with Crippen molar-refractivity contribution in [3.63, 3.8) is 0 Å². The molecule has 0 saturated carbocycles. The zero-order valence-corrected chi connectivity index (χ0v) is 18.6. The minimum Gasteiger partial charge on any atom is -0.354 e. The number of aromatic nitrogens is 1. The number of sulfonamides is 1. The maximum absolute atomic E-state index is 13.4. The number of piperidine rings is 1. The minimum atomic E-state index is -3.51. The molecule has 2 fully saturated rings. The molecular formula is C23H32N4O2S. The SMILES string of the molecule is CC1CCN(c2ncccc2S(=O)(=O)N2CCCCC2)CCN1Cc1ccccc1. The first-order valence-corrected chi connectivity index (χ1v) is 12.5. The van der Waals surface area contributed by atoms with Gasteiger partial charge < -0.3 is 4.90 Å². The molecule has 0 N–H and O–H groups in total. The van der Waals surface area contributed by atoms with E-state index in [2.05, 4.69) is 46.0 Å². The molecule has 0 amide bonds. The number of benzene rings is 1. The molecule has 30 heavy (non-hydrogen) atoms. The van der Waals surface area contributed by atoms with Crippen LogP contribution in [-0.2, 0) is 16.6 Å². The Morgan fingerprint density at radius 3 is 2.47 bits per heavy atom. The highest BCUT2D eigenvalue weighted by molar-refractivity contribution is 7.89. The number of hydrogen-bond acceptors (Lipinski definition) is 5.